The number of alkyl carbamates (subject to hydrolysis) is 1. The number of carboxylic acids is 1. The van der Waals surface area contributed by atoms with Crippen molar-refractivity contribution in [3.63, 3.8) is 0 Å². The van der Waals surface area contributed by atoms with Gasteiger partial charge in [0.25, 0.3) is 0 Å². The van der Waals surface area contributed by atoms with Crippen molar-refractivity contribution in [1.82, 2.24) is 5.32 Å². The third-order valence-corrected chi connectivity index (χ3v) is 3.09. The second-order valence-electron chi connectivity index (χ2n) is 4.34. The Morgan fingerprint density at radius 2 is 2.32 bits per heavy atom. The molecule has 100 valence electrons. The first-order valence-electron chi connectivity index (χ1n) is 6.02. The molecule has 1 aromatic carbocycles. The fourth-order valence-corrected chi connectivity index (χ4v) is 2.20. The summed E-state index contributed by atoms with van der Waals surface area (Å²) in [6.07, 6.45) is 2.55. The maximum absolute atomic E-state index is 11.5. The van der Waals surface area contributed by atoms with Gasteiger partial charge in [0.05, 0.1) is 11.6 Å². The molecule has 2 rings (SSSR count). The fraction of sp³-hybridized carbons (Fsp3) is 0.286. The Kier molecular flexibility index (Phi) is 3.85. The summed E-state index contributed by atoms with van der Waals surface area (Å²) in [5, 5.41) is 11.7. The molecule has 1 aliphatic rings. The van der Waals surface area contributed by atoms with E-state index in [4.69, 9.17) is 9.84 Å². The van der Waals surface area contributed by atoms with Gasteiger partial charge in [-0.15, -0.1) is 0 Å². The van der Waals surface area contributed by atoms with E-state index < -0.39 is 12.1 Å². The lowest BCUT2D eigenvalue weighted by molar-refractivity contribution is 0.0696. The second-order valence-corrected chi connectivity index (χ2v) is 4.34. The number of amides is 1. The van der Waals surface area contributed by atoms with E-state index in [9.17, 15) is 9.59 Å². The molecule has 0 aromatic heterocycles. The number of benzene rings is 1. The van der Waals surface area contributed by atoms with Crippen molar-refractivity contribution in [3.05, 3.63) is 47.5 Å². The number of hydrogen-bond acceptors (Lipinski definition) is 3. The van der Waals surface area contributed by atoms with Crippen molar-refractivity contribution >= 4 is 12.1 Å². The van der Waals surface area contributed by atoms with Gasteiger partial charge in [0.2, 0.25) is 0 Å². The number of aromatic carboxylic acids is 1. The number of carbonyl (C=O) groups excluding carboxylic acids is 1. The van der Waals surface area contributed by atoms with E-state index in [0.29, 0.717) is 0 Å². The minimum absolute atomic E-state index is 0.153. The van der Waals surface area contributed by atoms with Crippen molar-refractivity contribution < 1.29 is 19.4 Å². The molecule has 0 saturated heterocycles. The molecule has 0 radical (unpaired) electrons. The highest BCUT2D eigenvalue weighted by Gasteiger charge is 2.25. The van der Waals surface area contributed by atoms with Gasteiger partial charge >= 0.3 is 12.1 Å². The number of aryl methyl sites for hydroxylation is 1. The summed E-state index contributed by atoms with van der Waals surface area (Å²) in [6.45, 7) is 3.61. The average molecular weight is 261 g/mol. The van der Waals surface area contributed by atoms with Crippen LogP contribution in [0.15, 0.2) is 30.9 Å². The summed E-state index contributed by atoms with van der Waals surface area (Å²) < 4.78 is 4.86. The molecule has 1 unspecified atom stereocenters. The summed E-state index contributed by atoms with van der Waals surface area (Å²) in [7, 11) is 0. The number of hydrogen-bond donors (Lipinski definition) is 2. The molecule has 0 saturated carbocycles. The van der Waals surface area contributed by atoms with Gasteiger partial charge in [0.15, 0.2) is 0 Å². The van der Waals surface area contributed by atoms with Crippen LogP contribution >= 0.6 is 0 Å². The molecule has 1 aliphatic carbocycles. The van der Waals surface area contributed by atoms with Crippen molar-refractivity contribution in [2.75, 3.05) is 6.61 Å². The number of fused-ring (bicyclic) bond motifs is 1. The van der Waals surface area contributed by atoms with Crippen LogP contribution in [0.2, 0.25) is 0 Å². The van der Waals surface area contributed by atoms with Gasteiger partial charge in [-0.1, -0.05) is 18.7 Å². The first kappa shape index (κ1) is 13.1. The van der Waals surface area contributed by atoms with Crippen LogP contribution in [0, 0.1) is 0 Å². The Hall–Kier alpha value is -2.30. The van der Waals surface area contributed by atoms with Crippen molar-refractivity contribution in [1.29, 1.82) is 0 Å². The highest BCUT2D eigenvalue weighted by molar-refractivity contribution is 5.88. The number of ether oxygens (including phenoxy) is 1. The zero-order chi connectivity index (χ0) is 13.8. The van der Waals surface area contributed by atoms with Crippen molar-refractivity contribution in [3.8, 4) is 0 Å². The third kappa shape index (κ3) is 2.93. The number of carboxylic acid groups (broad SMARTS) is 1. The van der Waals surface area contributed by atoms with Crippen molar-refractivity contribution in [2.24, 2.45) is 0 Å². The Morgan fingerprint density at radius 3 is 3.00 bits per heavy atom. The van der Waals surface area contributed by atoms with E-state index in [1.54, 1.807) is 18.2 Å². The Labute approximate surface area is 110 Å². The fourth-order valence-electron chi connectivity index (χ4n) is 2.20. The van der Waals surface area contributed by atoms with Gasteiger partial charge in [-0.05, 0) is 36.1 Å². The molecule has 0 spiro atoms. The zero-order valence-electron chi connectivity index (χ0n) is 10.4. The highest BCUT2D eigenvalue weighted by atomic mass is 16.5. The number of rotatable bonds is 4. The summed E-state index contributed by atoms with van der Waals surface area (Å²) in [4.78, 5) is 22.4. The van der Waals surface area contributed by atoms with E-state index in [1.165, 1.54) is 6.08 Å². The second kappa shape index (κ2) is 5.56. The van der Waals surface area contributed by atoms with Gasteiger partial charge in [0, 0.05) is 0 Å². The maximum atomic E-state index is 11.5. The Balaban J connectivity index is 2.11. The van der Waals surface area contributed by atoms with Crippen LogP contribution in [0.25, 0.3) is 0 Å². The van der Waals surface area contributed by atoms with Crippen LogP contribution in [0.1, 0.15) is 33.9 Å². The third-order valence-electron chi connectivity index (χ3n) is 3.09. The Morgan fingerprint density at radius 1 is 1.53 bits per heavy atom. The molecule has 0 fully saturated rings. The SMILES string of the molecule is C=CCOC(=O)NC1CCc2ccc(C(=O)O)cc21. The van der Waals surface area contributed by atoms with E-state index in [2.05, 4.69) is 11.9 Å². The predicted molar refractivity (Wildman–Crippen MR) is 69.1 cm³/mol. The summed E-state index contributed by atoms with van der Waals surface area (Å²) in [5.41, 5.74) is 2.15. The van der Waals surface area contributed by atoms with E-state index in [-0.39, 0.29) is 18.2 Å². The maximum Gasteiger partial charge on any atom is 0.407 e. The molecule has 0 heterocycles. The quantitative estimate of drug-likeness (QED) is 0.815. The molecule has 1 aromatic rings. The van der Waals surface area contributed by atoms with Crippen LogP contribution in [-0.2, 0) is 11.2 Å². The van der Waals surface area contributed by atoms with E-state index in [1.807, 2.05) is 0 Å². The summed E-state index contributed by atoms with van der Waals surface area (Å²) >= 11 is 0. The van der Waals surface area contributed by atoms with Crippen LogP contribution < -0.4 is 5.32 Å². The lowest BCUT2D eigenvalue weighted by Crippen LogP contribution is -2.28. The molecular formula is C14H15NO4. The Bertz CT molecular complexity index is 524. The van der Waals surface area contributed by atoms with Crippen LogP contribution in [0.5, 0.6) is 0 Å². The van der Waals surface area contributed by atoms with Gasteiger partial charge < -0.3 is 15.2 Å². The standard InChI is InChI=1S/C14H15NO4/c1-2-7-19-14(18)15-12-6-5-9-3-4-10(13(16)17)8-11(9)12/h2-4,8,12H,1,5-7H2,(H,15,18)(H,16,17). The molecule has 5 nitrogen and oxygen atoms in total. The highest BCUT2D eigenvalue weighted by Crippen LogP contribution is 2.31. The molecule has 0 aliphatic heterocycles. The molecule has 1 atom stereocenters. The van der Waals surface area contributed by atoms with Crippen LogP contribution in [0.4, 0.5) is 4.79 Å². The normalized spacial score (nSPS) is 16.5. The number of carbonyl (C=O) groups is 2. The minimum atomic E-state index is -0.970. The molecule has 0 bridgehead atoms. The predicted octanol–water partition coefficient (Wildman–Crippen LogP) is 2.28. The lowest BCUT2D eigenvalue weighted by atomic mass is 10.0. The van der Waals surface area contributed by atoms with Gasteiger partial charge in [-0.2, -0.15) is 0 Å². The number of nitrogens with one attached hydrogen (secondary N) is 1. The molecule has 5 heteroatoms. The molecule has 1 amide bonds. The van der Waals surface area contributed by atoms with Gasteiger partial charge in [-0.3, -0.25) is 0 Å². The smallest absolute Gasteiger partial charge is 0.407 e. The summed E-state index contributed by atoms with van der Waals surface area (Å²) in [6, 6.07) is 4.81. The van der Waals surface area contributed by atoms with Crippen LogP contribution in [-0.4, -0.2) is 23.8 Å². The van der Waals surface area contributed by atoms with Gasteiger partial charge in [-0.25, -0.2) is 9.59 Å². The molecule has 19 heavy (non-hydrogen) atoms. The minimum Gasteiger partial charge on any atom is -0.478 e. The van der Waals surface area contributed by atoms with Crippen molar-refractivity contribution in [2.45, 2.75) is 18.9 Å². The first-order chi connectivity index (χ1) is 9.11. The van der Waals surface area contributed by atoms with E-state index in [0.717, 1.165) is 24.0 Å². The van der Waals surface area contributed by atoms with Crippen LogP contribution in [0.3, 0.4) is 0 Å². The largest absolute Gasteiger partial charge is 0.478 e. The van der Waals surface area contributed by atoms with Gasteiger partial charge in [0.1, 0.15) is 6.61 Å². The lowest BCUT2D eigenvalue weighted by Gasteiger charge is -2.14. The first-order valence-corrected chi connectivity index (χ1v) is 6.02. The van der Waals surface area contributed by atoms with E-state index >= 15 is 0 Å². The topological polar surface area (TPSA) is 75.6 Å². The average Bonchev–Trinajstić information content (AvgIpc) is 2.78. The summed E-state index contributed by atoms with van der Waals surface area (Å²) in [5.74, 6) is -0.970. The molecular weight excluding hydrogens is 246 g/mol. The molecule has 2 N–H and O–H groups in total. The monoisotopic (exact) mass is 261 g/mol. The zero-order valence-corrected chi connectivity index (χ0v) is 10.4.